The van der Waals surface area contributed by atoms with Gasteiger partial charge < -0.3 is 14.8 Å². The zero-order chi connectivity index (χ0) is 15.3. The van der Waals surface area contributed by atoms with Gasteiger partial charge in [0.2, 0.25) is 10.0 Å². The van der Waals surface area contributed by atoms with E-state index in [0.29, 0.717) is 49.4 Å². The molecule has 0 radical (unpaired) electrons. The van der Waals surface area contributed by atoms with Gasteiger partial charge in [-0.15, -0.1) is 0 Å². The number of sulfonamides is 1. The van der Waals surface area contributed by atoms with Gasteiger partial charge >= 0.3 is 0 Å². The van der Waals surface area contributed by atoms with Crippen LogP contribution in [0, 0.1) is 0 Å². The van der Waals surface area contributed by atoms with Crippen molar-refractivity contribution < 1.29 is 17.9 Å². The van der Waals surface area contributed by atoms with Gasteiger partial charge in [-0.1, -0.05) is 13.8 Å². The van der Waals surface area contributed by atoms with Gasteiger partial charge in [0.05, 0.1) is 11.4 Å². The van der Waals surface area contributed by atoms with Gasteiger partial charge in [-0.2, -0.15) is 0 Å². The third-order valence-corrected chi connectivity index (χ3v) is 4.33. The van der Waals surface area contributed by atoms with Crippen molar-refractivity contribution in [3.63, 3.8) is 0 Å². The molecule has 1 heterocycles. The molecular formula is C14H22N2O4S. The molecule has 2 N–H and O–H groups in total. The molecule has 0 spiro atoms. The summed E-state index contributed by atoms with van der Waals surface area (Å²) < 4.78 is 37.4. The molecule has 1 aromatic carbocycles. The third-order valence-electron chi connectivity index (χ3n) is 2.96. The lowest BCUT2D eigenvalue weighted by atomic mass is 10.3. The Morgan fingerprint density at radius 2 is 1.90 bits per heavy atom. The molecule has 0 amide bonds. The molecule has 1 aliphatic rings. The second kappa shape index (κ2) is 7.00. The van der Waals surface area contributed by atoms with Crippen molar-refractivity contribution in [2.75, 3.05) is 30.2 Å². The first-order valence-electron chi connectivity index (χ1n) is 7.10. The van der Waals surface area contributed by atoms with Crippen LogP contribution in [0.3, 0.4) is 0 Å². The molecule has 0 saturated heterocycles. The zero-order valence-corrected chi connectivity index (χ0v) is 13.2. The zero-order valence-electron chi connectivity index (χ0n) is 12.4. The molecule has 0 aliphatic carbocycles. The van der Waals surface area contributed by atoms with Gasteiger partial charge in [-0.25, -0.2) is 8.42 Å². The molecule has 21 heavy (non-hydrogen) atoms. The van der Waals surface area contributed by atoms with Gasteiger partial charge in [0, 0.05) is 12.1 Å². The Kier molecular flexibility index (Phi) is 5.30. The summed E-state index contributed by atoms with van der Waals surface area (Å²) in [5, 5.41) is 3.19. The lowest BCUT2D eigenvalue weighted by Gasteiger charge is -2.19. The van der Waals surface area contributed by atoms with E-state index in [9.17, 15) is 8.42 Å². The average Bonchev–Trinajstić information content (AvgIpc) is 2.43. The van der Waals surface area contributed by atoms with Crippen LogP contribution >= 0.6 is 0 Å². The predicted molar refractivity (Wildman–Crippen MR) is 82.6 cm³/mol. The molecule has 2 rings (SSSR count). The first-order valence-corrected chi connectivity index (χ1v) is 8.75. The Balaban J connectivity index is 1.90. The summed E-state index contributed by atoms with van der Waals surface area (Å²) in [6.45, 7) is 5.73. The molecular weight excluding hydrogens is 292 g/mol. The van der Waals surface area contributed by atoms with Crippen LogP contribution in [0.2, 0.25) is 0 Å². The number of hydrogen-bond donors (Lipinski definition) is 2. The maximum absolute atomic E-state index is 12.0. The number of hydrogen-bond acceptors (Lipinski definition) is 5. The van der Waals surface area contributed by atoms with E-state index in [1.54, 1.807) is 18.2 Å². The van der Waals surface area contributed by atoms with E-state index in [1.807, 2.05) is 13.8 Å². The smallest absolute Gasteiger partial charge is 0.232 e. The summed E-state index contributed by atoms with van der Waals surface area (Å²) in [6, 6.07) is 5.40. The summed E-state index contributed by atoms with van der Waals surface area (Å²) in [4.78, 5) is 0. The number of nitrogens with one attached hydrogen (secondary N) is 2. The van der Waals surface area contributed by atoms with E-state index in [1.165, 1.54) is 0 Å². The van der Waals surface area contributed by atoms with E-state index >= 15 is 0 Å². The molecule has 0 bridgehead atoms. The molecule has 118 valence electrons. The Morgan fingerprint density at radius 1 is 1.19 bits per heavy atom. The fourth-order valence-electron chi connectivity index (χ4n) is 1.99. The standard InChI is InChI=1S/C14H22N2O4S/c1-11(2)15-6-3-9-21(17,18)16-12-4-5-13-14(10-12)20-8-7-19-13/h4-5,10-11,15-16H,3,6-9H2,1-2H3. The Labute approximate surface area is 125 Å². The van der Waals surface area contributed by atoms with Gasteiger partial charge in [0.25, 0.3) is 0 Å². The molecule has 0 fully saturated rings. The van der Waals surface area contributed by atoms with E-state index in [0.717, 1.165) is 0 Å². The Hall–Kier alpha value is -1.47. The number of ether oxygens (including phenoxy) is 2. The molecule has 1 aliphatic heterocycles. The minimum absolute atomic E-state index is 0.0845. The summed E-state index contributed by atoms with van der Waals surface area (Å²) in [5.74, 6) is 1.30. The van der Waals surface area contributed by atoms with Crippen molar-refractivity contribution in [2.24, 2.45) is 0 Å². The maximum atomic E-state index is 12.0. The average molecular weight is 314 g/mol. The minimum atomic E-state index is -3.35. The summed E-state index contributed by atoms with van der Waals surface area (Å²) >= 11 is 0. The number of benzene rings is 1. The topological polar surface area (TPSA) is 76.7 Å². The molecule has 0 saturated carbocycles. The molecule has 0 atom stereocenters. The van der Waals surface area contributed by atoms with Crippen LogP contribution in [0.25, 0.3) is 0 Å². The third kappa shape index (κ3) is 5.09. The Bertz CT molecular complexity index is 572. The van der Waals surface area contributed by atoms with Gasteiger partial charge in [0.15, 0.2) is 11.5 Å². The molecule has 6 nitrogen and oxygen atoms in total. The summed E-state index contributed by atoms with van der Waals surface area (Å²) in [5.41, 5.74) is 0.496. The summed E-state index contributed by atoms with van der Waals surface area (Å²) in [6.07, 6.45) is 0.568. The molecule has 0 aromatic heterocycles. The maximum Gasteiger partial charge on any atom is 0.232 e. The second-order valence-electron chi connectivity index (χ2n) is 5.24. The lowest BCUT2D eigenvalue weighted by molar-refractivity contribution is 0.171. The monoisotopic (exact) mass is 314 g/mol. The fourth-order valence-corrected chi connectivity index (χ4v) is 3.10. The van der Waals surface area contributed by atoms with Crippen LogP contribution in [0.5, 0.6) is 11.5 Å². The lowest BCUT2D eigenvalue weighted by Crippen LogP contribution is -2.26. The van der Waals surface area contributed by atoms with Crippen LogP contribution in [0.15, 0.2) is 18.2 Å². The van der Waals surface area contributed by atoms with Crippen molar-refractivity contribution in [1.29, 1.82) is 0 Å². The minimum Gasteiger partial charge on any atom is -0.486 e. The Morgan fingerprint density at radius 3 is 2.62 bits per heavy atom. The normalized spacial score (nSPS) is 14.2. The van der Waals surface area contributed by atoms with Crippen molar-refractivity contribution in [2.45, 2.75) is 26.3 Å². The molecule has 1 aromatic rings. The molecule has 0 unspecified atom stereocenters. The number of fused-ring (bicyclic) bond motifs is 1. The highest BCUT2D eigenvalue weighted by atomic mass is 32.2. The first kappa shape index (κ1) is 15.9. The number of anilines is 1. The van der Waals surface area contributed by atoms with E-state index in [4.69, 9.17) is 9.47 Å². The van der Waals surface area contributed by atoms with Crippen LogP contribution in [0.4, 0.5) is 5.69 Å². The SMILES string of the molecule is CC(C)NCCCS(=O)(=O)Nc1ccc2c(c1)OCCO2. The van der Waals surface area contributed by atoms with Crippen molar-refractivity contribution in [1.82, 2.24) is 5.32 Å². The van der Waals surface area contributed by atoms with Crippen LogP contribution < -0.4 is 19.5 Å². The van der Waals surface area contributed by atoms with Gasteiger partial charge in [-0.05, 0) is 25.1 Å². The van der Waals surface area contributed by atoms with Gasteiger partial charge in [-0.3, -0.25) is 4.72 Å². The van der Waals surface area contributed by atoms with Crippen LogP contribution in [-0.4, -0.2) is 40.0 Å². The quantitative estimate of drug-likeness (QED) is 0.747. The van der Waals surface area contributed by atoms with E-state index < -0.39 is 10.0 Å². The van der Waals surface area contributed by atoms with Crippen LogP contribution in [0.1, 0.15) is 20.3 Å². The first-order chi connectivity index (χ1) is 9.96. The summed E-state index contributed by atoms with van der Waals surface area (Å²) in [7, 11) is -3.35. The molecule has 7 heteroatoms. The second-order valence-corrected chi connectivity index (χ2v) is 7.08. The van der Waals surface area contributed by atoms with Crippen LogP contribution in [-0.2, 0) is 10.0 Å². The van der Waals surface area contributed by atoms with E-state index in [-0.39, 0.29) is 5.75 Å². The van der Waals surface area contributed by atoms with E-state index in [2.05, 4.69) is 10.0 Å². The van der Waals surface area contributed by atoms with Crippen molar-refractivity contribution in [3.05, 3.63) is 18.2 Å². The fraction of sp³-hybridized carbons (Fsp3) is 0.571. The van der Waals surface area contributed by atoms with Crippen molar-refractivity contribution in [3.8, 4) is 11.5 Å². The van der Waals surface area contributed by atoms with Gasteiger partial charge in [0.1, 0.15) is 13.2 Å². The highest BCUT2D eigenvalue weighted by molar-refractivity contribution is 7.92. The highest BCUT2D eigenvalue weighted by Crippen LogP contribution is 2.32. The number of rotatable bonds is 7. The largest absolute Gasteiger partial charge is 0.486 e. The van der Waals surface area contributed by atoms with Crippen molar-refractivity contribution >= 4 is 15.7 Å². The predicted octanol–water partition coefficient (Wildman–Crippen LogP) is 1.59. The highest BCUT2D eigenvalue weighted by Gasteiger charge is 2.15.